The summed E-state index contributed by atoms with van der Waals surface area (Å²) >= 11 is 15.5. The van der Waals surface area contributed by atoms with Crippen LogP contribution in [0.1, 0.15) is 27.2 Å². The number of nitrogens with one attached hydrogen (secondary N) is 2. The fraction of sp³-hybridized carbons (Fsp3) is 0.148. The summed E-state index contributed by atoms with van der Waals surface area (Å²) in [5.41, 5.74) is 2.56. The first-order chi connectivity index (χ1) is 17.9. The molecule has 0 atom stereocenters. The van der Waals surface area contributed by atoms with Crippen LogP contribution in [0.2, 0.25) is 10.0 Å². The number of amides is 1. The fourth-order valence-corrected chi connectivity index (χ4v) is 4.40. The molecule has 0 aliphatic rings. The average Bonchev–Trinajstić information content (AvgIpc) is 2.90. The molecule has 0 unspecified atom stereocenters. The maximum atomic E-state index is 13.2. The zero-order valence-corrected chi connectivity index (χ0v) is 22.6. The van der Waals surface area contributed by atoms with Crippen LogP contribution in [0.5, 0.6) is 5.75 Å². The first-order valence-corrected chi connectivity index (χ1v) is 13.1. The number of nitrogens with zero attached hydrogens (tertiary/aromatic N) is 1. The Labute approximate surface area is 231 Å². The van der Waals surface area contributed by atoms with Crippen LogP contribution in [0, 0.1) is 0 Å². The van der Waals surface area contributed by atoms with Gasteiger partial charge in [-0.1, -0.05) is 93.7 Å². The number of hydrogen-bond donors (Lipinski definition) is 2. The number of aromatic amines is 1. The van der Waals surface area contributed by atoms with E-state index in [1.165, 1.54) is 0 Å². The van der Waals surface area contributed by atoms with Crippen molar-refractivity contribution in [2.75, 3.05) is 6.79 Å². The third-order valence-corrected chi connectivity index (χ3v) is 6.33. The summed E-state index contributed by atoms with van der Waals surface area (Å²) in [5, 5.41) is 4.33. The van der Waals surface area contributed by atoms with Gasteiger partial charge in [0.1, 0.15) is 5.82 Å². The summed E-state index contributed by atoms with van der Waals surface area (Å²) in [7, 11) is 0. The molecule has 10 heteroatoms. The Morgan fingerprint density at radius 2 is 1.65 bits per heavy atom. The Morgan fingerprint density at radius 1 is 0.946 bits per heavy atom. The molecule has 4 rings (SSSR count). The lowest BCUT2D eigenvalue weighted by molar-refractivity contribution is 0.00354. The highest BCUT2D eigenvalue weighted by atomic mass is 79.9. The van der Waals surface area contributed by atoms with E-state index in [-0.39, 0.29) is 37.2 Å². The van der Waals surface area contributed by atoms with Crippen molar-refractivity contribution in [2.45, 2.75) is 18.5 Å². The third kappa shape index (κ3) is 7.42. The predicted octanol–water partition coefficient (Wildman–Crippen LogP) is 6.12. The van der Waals surface area contributed by atoms with E-state index in [1.54, 1.807) is 18.2 Å². The van der Waals surface area contributed by atoms with Crippen LogP contribution in [-0.4, -0.2) is 22.7 Å². The Hall–Kier alpha value is -3.17. The van der Waals surface area contributed by atoms with Crippen molar-refractivity contribution < 1.29 is 14.3 Å². The Balaban J connectivity index is 1.57. The second kappa shape index (κ2) is 12.9. The van der Waals surface area contributed by atoms with Gasteiger partial charge in [-0.25, -0.2) is 4.98 Å². The molecule has 1 aromatic heterocycles. The number of H-pyrrole nitrogens is 1. The number of alkyl halides is 1. The lowest BCUT2D eigenvalue weighted by atomic mass is 10.1. The maximum absolute atomic E-state index is 13.2. The molecule has 190 valence electrons. The highest BCUT2D eigenvalue weighted by Gasteiger charge is 2.21. The van der Waals surface area contributed by atoms with Crippen molar-refractivity contribution in [1.82, 2.24) is 15.3 Å². The summed E-state index contributed by atoms with van der Waals surface area (Å²) in [6.45, 7) is 0.150. The van der Waals surface area contributed by atoms with Gasteiger partial charge < -0.3 is 19.8 Å². The summed E-state index contributed by atoms with van der Waals surface area (Å²) in [4.78, 5) is 33.3. The van der Waals surface area contributed by atoms with Crippen LogP contribution in [0.25, 0.3) is 11.4 Å². The van der Waals surface area contributed by atoms with Crippen molar-refractivity contribution in [3.05, 3.63) is 116 Å². The van der Waals surface area contributed by atoms with E-state index < -0.39 is 11.5 Å². The van der Waals surface area contributed by atoms with Crippen LogP contribution < -0.4 is 15.6 Å². The monoisotopic (exact) mass is 601 g/mol. The molecule has 37 heavy (non-hydrogen) atoms. The Kier molecular flexibility index (Phi) is 9.35. The lowest BCUT2D eigenvalue weighted by Gasteiger charge is -2.13. The first kappa shape index (κ1) is 26.9. The van der Waals surface area contributed by atoms with E-state index in [4.69, 9.17) is 32.7 Å². The quantitative estimate of drug-likeness (QED) is 0.130. The number of benzene rings is 3. The number of halogens is 3. The van der Waals surface area contributed by atoms with Gasteiger partial charge in [-0.2, -0.15) is 0 Å². The molecule has 0 spiro atoms. The number of carbonyl (C=O) groups excluding carboxylic acids is 1. The standard InChI is InChI=1S/C27H22BrCl2N3O4/c28-13-17-6-8-20(9-7-17)25-32-23(26(34)31-14-19-10-21(29)12-22(30)11-19)24(27(35)33-25)37-16-36-15-18-4-2-1-3-5-18/h1-12H,13-16H2,(H,31,34)(H,32,33,35). The van der Waals surface area contributed by atoms with Gasteiger partial charge >= 0.3 is 0 Å². The minimum Gasteiger partial charge on any atom is -0.459 e. The molecule has 0 radical (unpaired) electrons. The van der Waals surface area contributed by atoms with E-state index in [0.717, 1.165) is 11.1 Å². The SMILES string of the molecule is O=C(NCc1cc(Cl)cc(Cl)c1)c1nc(-c2ccc(CBr)cc2)[nH]c(=O)c1OCOCc1ccccc1. The summed E-state index contributed by atoms with van der Waals surface area (Å²) in [5.74, 6) is -0.603. The van der Waals surface area contributed by atoms with E-state index in [1.807, 2.05) is 54.6 Å². The summed E-state index contributed by atoms with van der Waals surface area (Å²) in [6.07, 6.45) is 0. The third-order valence-electron chi connectivity index (χ3n) is 5.25. The molecule has 0 fully saturated rings. The highest BCUT2D eigenvalue weighted by molar-refractivity contribution is 9.08. The topological polar surface area (TPSA) is 93.3 Å². The van der Waals surface area contributed by atoms with Gasteiger partial charge in [0, 0.05) is 27.5 Å². The Bertz CT molecular complexity index is 1410. The zero-order valence-electron chi connectivity index (χ0n) is 19.5. The largest absolute Gasteiger partial charge is 0.459 e. The number of ether oxygens (including phenoxy) is 2. The molecule has 4 aromatic rings. The second-order valence-corrected chi connectivity index (χ2v) is 9.41. The molecule has 7 nitrogen and oxygen atoms in total. The normalized spacial score (nSPS) is 10.8. The molecule has 0 bridgehead atoms. The molecule has 0 aliphatic carbocycles. The summed E-state index contributed by atoms with van der Waals surface area (Å²) in [6, 6.07) is 21.9. The Morgan fingerprint density at radius 3 is 2.32 bits per heavy atom. The molecule has 0 saturated carbocycles. The van der Waals surface area contributed by atoms with Crippen molar-refractivity contribution in [3.8, 4) is 17.1 Å². The van der Waals surface area contributed by atoms with Crippen molar-refractivity contribution in [1.29, 1.82) is 0 Å². The van der Waals surface area contributed by atoms with Crippen LogP contribution in [0.3, 0.4) is 0 Å². The minimum atomic E-state index is -0.603. The van der Waals surface area contributed by atoms with Crippen LogP contribution in [0.4, 0.5) is 0 Å². The molecule has 3 aromatic carbocycles. The molecule has 2 N–H and O–H groups in total. The van der Waals surface area contributed by atoms with Crippen molar-refractivity contribution in [2.24, 2.45) is 0 Å². The molecule has 1 amide bonds. The molecular formula is C27H22BrCl2N3O4. The van der Waals surface area contributed by atoms with Gasteiger partial charge in [0.25, 0.3) is 11.5 Å². The number of aromatic nitrogens is 2. The van der Waals surface area contributed by atoms with Gasteiger partial charge in [-0.15, -0.1) is 0 Å². The summed E-state index contributed by atoms with van der Waals surface area (Å²) < 4.78 is 11.1. The maximum Gasteiger partial charge on any atom is 0.294 e. The molecule has 0 saturated heterocycles. The molecular weight excluding hydrogens is 581 g/mol. The molecule has 0 aliphatic heterocycles. The van der Waals surface area contributed by atoms with Gasteiger partial charge in [0.2, 0.25) is 5.75 Å². The van der Waals surface area contributed by atoms with Crippen LogP contribution in [0.15, 0.2) is 77.6 Å². The first-order valence-electron chi connectivity index (χ1n) is 11.2. The fourth-order valence-electron chi connectivity index (χ4n) is 3.45. The van der Waals surface area contributed by atoms with Crippen molar-refractivity contribution >= 4 is 45.0 Å². The van der Waals surface area contributed by atoms with Gasteiger partial charge in [-0.3, -0.25) is 9.59 Å². The number of hydrogen-bond acceptors (Lipinski definition) is 5. The number of rotatable bonds is 10. The van der Waals surface area contributed by atoms with Crippen molar-refractivity contribution in [3.63, 3.8) is 0 Å². The van der Waals surface area contributed by atoms with E-state index in [0.29, 0.717) is 26.5 Å². The highest BCUT2D eigenvalue weighted by Crippen LogP contribution is 2.21. The zero-order chi connectivity index (χ0) is 26.2. The average molecular weight is 603 g/mol. The van der Waals surface area contributed by atoms with E-state index >= 15 is 0 Å². The van der Waals surface area contributed by atoms with Crippen LogP contribution in [-0.2, 0) is 23.2 Å². The van der Waals surface area contributed by atoms with Gasteiger partial charge in [0.15, 0.2) is 12.5 Å². The van der Waals surface area contributed by atoms with Gasteiger partial charge in [-0.05, 0) is 34.9 Å². The predicted molar refractivity (Wildman–Crippen MR) is 147 cm³/mol. The van der Waals surface area contributed by atoms with E-state index in [9.17, 15) is 9.59 Å². The van der Waals surface area contributed by atoms with Crippen LogP contribution >= 0.6 is 39.1 Å². The second-order valence-electron chi connectivity index (χ2n) is 7.98. The van der Waals surface area contributed by atoms with Gasteiger partial charge in [0.05, 0.1) is 6.61 Å². The number of carbonyl (C=O) groups is 1. The van der Waals surface area contributed by atoms with E-state index in [2.05, 4.69) is 31.2 Å². The minimum absolute atomic E-state index is 0.118. The smallest absolute Gasteiger partial charge is 0.294 e. The lowest BCUT2D eigenvalue weighted by Crippen LogP contribution is -2.28. The molecule has 1 heterocycles.